The fraction of sp³-hybridized carbons (Fsp3) is 0.286. The van der Waals surface area contributed by atoms with Crippen molar-refractivity contribution in [2.24, 2.45) is 0 Å². The Bertz CT molecular complexity index is 690. The van der Waals surface area contributed by atoms with Crippen molar-refractivity contribution in [1.82, 2.24) is 9.78 Å². The second-order valence-corrected chi connectivity index (χ2v) is 5.40. The number of aryl methyl sites for hydroxylation is 2. The van der Waals surface area contributed by atoms with E-state index in [0.717, 1.165) is 0 Å². The van der Waals surface area contributed by atoms with Gasteiger partial charge in [0.15, 0.2) is 0 Å². The van der Waals surface area contributed by atoms with E-state index in [1.54, 1.807) is 0 Å². The van der Waals surface area contributed by atoms with Gasteiger partial charge in [0.05, 0.1) is 22.0 Å². The van der Waals surface area contributed by atoms with E-state index in [9.17, 15) is 8.78 Å². The van der Waals surface area contributed by atoms with Crippen LogP contribution >= 0.6 is 27.5 Å². The predicted molar refractivity (Wildman–Crippen MR) is 80.3 cm³/mol. The van der Waals surface area contributed by atoms with E-state index in [-0.39, 0.29) is 11.7 Å². The van der Waals surface area contributed by atoms with Crippen LogP contribution in [0, 0.1) is 11.6 Å². The third-order valence-electron chi connectivity index (χ3n) is 2.84. The first-order chi connectivity index (χ1) is 10.4. The Balaban J connectivity index is 0.000000745. The summed E-state index contributed by atoms with van der Waals surface area (Å²) in [6, 6.07) is 2.43. The SMILES string of the molecule is CCc1nn(CC)c(-c2c(F)cc(Br)cc2F)c1Cl.O=C=O. The third-order valence-corrected chi connectivity index (χ3v) is 3.69. The minimum Gasteiger partial charge on any atom is -0.263 e. The van der Waals surface area contributed by atoms with Crippen LogP contribution in [0.5, 0.6) is 0 Å². The number of hydrogen-bond acceptors (Lipinski definition) is 3. The average Bonchev–Trinajstić information content (AvgIpc) is 2.75. The molecule has 0 aliphatic carbocycles. The molecule has 4 nitrogen and oxygen atoms in total. The maximum Gasteiger partial charge on any atom is 0.373 e. The van der Waals surface area contributed by atoms with Crippen molar-refractivity contribution >= 4 is 33.7 Å². The van der Waals surface area contributed by atoms with Gasteiger partial charge in [-0.3, -0.25) is 4.68 Å². The second kappa shape index (κ2) is 8.17. The Morgan fingerprint density at radius 3 is 2.18 bits per heavy atom. The number of nitrogens with zero attached hydrogens (tertiary/aromatic N) is 2. The normalized spacial score (nSPS) is 9.91. The summed E-state index contributed by atoms with van der Waals surface area (Å²) in [5, 5.41) is 4.58. The Hall–Kier alpha value is -1.56. The molecule has 2 aromatic rings. The van der Waals surface area contributed by atoms with Gasteiger partial charge in [-0.15, -0.1) is 0 Å². The van der Waals surface area contributed by atoms with Gasteiger partial charge < -0.3 is 0 Å². The first-order valence-corrected chi connectivity index (χ1v) is 7.47. The van der Waals surface area contributed by atoms with Gasteiger partial charge in [-0.2, -0.15) is 14.7 Å². The molecule has 0 radical (unpaired) electrons. The molecule has 0 aliphatic heterocycles. The van der Waals surface area contributed by atoms with Crippen molar-refractivity contribution in [3.8, 4) is 11.3 Å². The van der Waals surface area contributed by atoms with E-state index in [1.165, 1.54) is 16.8 Å². The van der Waals surface area contributed by atoms with Gasteiger partial charge >= 0.3 is 6.15 Å². The summed E-state index contributed by atoms with van der Waals surface area (Å²) in [7, 11) is 0. The largest absolute Gasteiger partial charge is 0.373 e. The summed E-state index contributed by atoms with van der Waals surface area (Å²) in [5.74, 6) is -1.32. The number of halogens is 4. The highest BCUT2D eigenvalue weighted by molar-refractivity contribution is 9.10. The molecule has 118 valence electrons. The summed E-state index contributed by atoms with van der Waals surface area (Å²) in [5.41, 5.74) is 0.797. The van der Waals surface area contributed by atoms with Crippen LogP contribution < -0.4 is 0 Å². The summed E-state index contributed by atoms with van der Waals surface area (Å²) in [6.45, 7) is 4.23. The van der Waals surface area contributed by atoms with Crippen molar-refractivity contribution in [1.29, 1.82) is 0 Å². The first kappa shape index (κ1) is 18.5. The molecular formula is C14H12BrClF2N2O2. The molecule has 0 saturated heterocycles. The number of hydrogen-bond donors (Lipinski definition) is 0. The number of carbonyl (C=O) groups excluding carboxylic acids is 2. The lowest BCUT2D eigenvalue weighted by Crippen LogP contribution is -2.02. The van der Waals surface area contributed by atoms with Crippen molar-refractivity contribution in [3.05, 3.63) is 39.0 Å². The number of aromatic nitrogens is 2. The monoisotopic (exact) mass is 392 g/mol. The summed E-state index contributed by atoms with van der Waals surface area (Å²) in [4.78, 5) is 16.2. The van der Waals surface area contributed by atoms with Crippen LogP contribution in [0.2, 0.25) is 5.02 Å². The Kier molecular flexibility index (Phi) is 6.87. The van der Waals surface area contributed by atoms with Crippen molar-refractivity contribution in [2.45, 2.75) is 26.8 Å². The maximum atomic E-state index is 14.0. The molecule has 0 fully saturated rings. The minimum absolute atomic E-state index is 0.137. The maximum absolute atomic E-state index is 14.0. The van der Waals surface area contributed by atoms with Gasteiger partial charge in [-0.05, 0) is 25.5 Å². The molecule has 0 atom stereocenters. The molecule has 2 rings (SSSR count). The predicted octanol–water partition coefficient (Wildman–Crippen LogP) is 4.24. The Labute approximate surface area is 139 Å². The quantitative estimate of drug-likeness (QED) is 0.783. The zero-order valence-electron chi connectivity index (χ0n) is 11.8. The van der Waals surface area contributed by atoms with Crippen LogP contribution in [0.1, 0.15) is 19.5 Å². The Morgan fingerprint density at radius 1 is 1.27 bits per heavy atom. The van der Waals surface area contributed by atoms with Crippen LogP contribution in [0.4, 0.5) is 8.78 Å². The third kappa shape index (κ3) is 3.80. The Morgan fingerprint density at radius 2 is 1.77 bits per heavy atom. The van der Waals surface area contributed by atoms with Gasteiger partial charge in [-0.1, -0.05) is 34.5 Å². The number of rotatable bonds is 3. The fourth-order valence-electron chi connectivity index (χ4n) is 1.95. The molecule has 1 aromatic carbocycles. The molecule has 0 bridgehead atoms. The van der Waals surface area contributed by atoms with E-state index in [1.807, 2.05) is 13.8 Å². The molecule has 8 heteroatoms. The second-order valence-electron chi connectivity index (χ2n) is 4.11. The van der Waals surface area contributed by atoms with Crippen molar-refractivity contribution in [2.75, 3.05) is 0 Å². The highest BCUT2D eigenvalue weighted by Crippen LogP contribution is 2.35. The fourth-order valence-corrected chi connectivity index (χ4v) is 2.72. The van der Waals surface area contributed by atoms with E-state index in [4.69, 9.17) is 21.2 Å². The van der Waals surface area contributed by atoms with E-state index >= 15 is 0 Å². The zero-order chi connectivity index (χ0) is 16.9. The topological polar surface area (TPSA) is 52.0 Å². The molecule has 0 saturated carbocycles. The van der Waals surface area contributed by atoms with Crippen molar-refractivity contribution < 1.29 is 18.4 Å². The molecule has 1 heterocycles. The number of benzene rings is 1. The van der Waals surface area contributed by atoms with Gasteiger partial charge in [0.25, 0.3) is 0 Å². The summed E-state index contributed by atoms with van der Waals surface area (Å²) in [6.07, 6.45) is 0.860. The van der Waals surface area contributed by atoms with Crippen LogP contribution in [-0.4, -0.2) is 15.9 Å². The lowest BCUT2D eigenvalue weighted by molar-refractivity contribution is -0.191. The van der Waals surface area contributed by atoms with Crippen molar-refractivity contribution in [3.63, 3.8) is 0 Å². The summed E-state index contributed by atoms with van der Waals surface area (Å²) < 4.78 is 29.9. The van der Waals surface area contributed by atoms with Crippen LogP contribution in [-0.2, 0) is 22.6 Å². The van der Waals surface area contributed by atoms with Crippen LogP contribution in [0.3, 0.4) is 0 Å². The molecule has 22 heavy (non-hydrogen) atoms. The first-order valence-electron chi connectivity index (χ1n) is 6.30. The zero-order valence-corrected chi connectivity index (χ0v) is 14.1. The minimum atomic E-state index is -0.661. The lowest BCUT2D eigenvalue weighted by Gasteiger charge is -2.08. The van der Waals surface area contributed by atoms with Gasteiger partial charge in [-0.25, -0.2) is 8.78 Å². The highest BCUT2D eigenvalue weighted by atomic mass is 79.9. The molecule has 0 spiro atoms. The van der Waals surface area contributed by atoms with Gasteiger partial charge in [0.2, 0.25) is 0 Å². The molecule has 0 unspecified atom stereocenters. The van der Waals surface area contributed by atoms with E-state index in [2.05, 4.69) is 21.0 Å². The smallest absolute Gasteiger partial charge is 0.263 e. The van der Waals surface area contributed by atoms with Crippen LogP contribution in [0.25, 0.3) is 11.3 Å². The molecule has 0 amide bonds. The highest BCUT2D eigenvalue weighted by Gasteiger charge is 2.22. The van der Waals surface area contributed by atoms with Gasteiger partial charge in [0, 0.05) is 11.0 Å². The molecule has 0 N–H and O–H groups in total. The molecule has 0 aliphatic rings. The standard InChI is InChI=1S/C13H12BrClF2N2.CO2/c1-3-10-12(15)13(19(4-2)18-10)11-8(16)5-7(14)6-9(11)17;2-1-3/h5-6H,3-4H2,1-2H3;. The van der Waals surface area contributed by atoms with E-state index in [0.29, 0.717) is 33.8 Å². The average molecular weight is 394 g/mol. The summed E-state index contributed by atoms with van der Waals surface area (Å²) >= 11 is 9.26. The van der Waals surface area contributed by atoms with Gasteiger partial charge in [0.1, 0.15) is 11.6 Å². The lowest BCUT2D eigenvalue weighted by atomic mass is 10.1. The van der Waals surface area contributed by atoms with Crippen LogP contribution in [0.15, 0.2) is 16.6 Å². The molecular weight excluding hydrogens is 382 g/mol. The van der Waals surface area contributed by atoms with E-state index < -0.39 is 11.6 Å². The molecule has 1 aromatic heterocycles.